The van der Waals surface area contributed by atoms with Gasteiger partial charge >= 0.3 is 0 Å². The Morgan fingerprint density at radius 2 is 2.13 bits per heavy atom. The van der Waals surface area contributed by atoms with Crippen molar-refractivity contribution in [3.63, 3.8) is 0 Å². The molecule has 0 saturated heterocycles. The van der Waals surface area contributed by atoms with Gasteiger partial charge in [0.25, 0.3) is 0 Å². The largest absolute Gasteiger partial charge is 0.515 e. The van der Waals surface area contributed by atoms with E-state index in [1.165, 1.54) is 11.1 Å². The number of aromatic nitrogens is 2. The molecule has 2 aliphatic carbocycles. The van der Waals surface area contributed by atoms with E-state index >= 15 is 0 Å². The van der Waals surface area contributed by atoms with E-state index < -0.39 is 0 Å². The Balaban J connectivity index is 2.00. The highest BCUT2D eigenvalue weighted by Crippen LogP contribution is 2.55. The van der Waals surface area contributed by atoms with E-state index in [9.17, 15) is 9.90 Å². The van der Waals surface area contributed by atoms with Gasteiger partial charge in [0.05, 0.1) is 12.0 Å². The van der Waals surface area contributed by atoms with Gasteiger partial charge in [0.2, 0.25) is 0 Å². The normalized spacial score (nSPS) is 31.7. The number of carbonyl (C=O) groups is 1. The number of nitrogens with one attached hydrogen (secondary N) is 1. The van der Waals surface area contributed by atoms with Crippen LogP contribution in [0.1, 0.15) is 36.6 Å². The lowest BCUT2D eigenvalue weighted by Gasteiger charge is -2.49. The number of H-pyrrole nitrogens is 1. The van der Waals surface area contributed by atoms with Crippen LogP contribution in [0.5, 0.6) is 0 Å². The standard InChI is InChI=1S/C19H20N2O2/c1-12-16-8-7-13-10-20-21-18(13)19(16,9-14(11-22)17(12)23)15-5-3-2-4-6-15/h2-6,10-12,16,22H,7-9H2,1H3,(H,20,21)/t12-,16-,19+/m0/s1. The second kappa shape index (κ2) is 5.08. The number of fused-ring (bicyclic) bond motifs is 3. The number of hydrogen-bond donors (Lipinski definition) is 2. The number of aromatic amines is 1. The molecule has 0 spiro atoms. The van der Waals surface area contributed by atoms with E-state index in [1.807, 2.05) is 31.3 Å². The van der Waals surface area contributed by atoms with Crippen LogP contribution in [0.3, 0.4) is 0 Å². The molecule has 2 aliphatic rings. The molecule has 0 unspecified atom stereocenters. The van der Waals surface area contributed by atoms with Crippen molar-refractivity contribution in [2.45, 2.75) is 31.6 Å². The van der Waals surface area contributed by atoms with Crippen molar-refractivity contribution < 1.29 is 9.90 Å². The van der Waals surface area contributed by atoms with Gasteiger partial charge in [0, 0.05) is 23.1 Å². The highest BCUT2D eigenvalue weighted by atomic mass is 16.2. The number of hydrogen-bond acceptors (Lipinski definition) is 3. The van der Waals surface area contributed by atoms with Crippen molar-refractivity contribution in [1.82, 2.24) is 10.2 Å². The second-order valence-electron chi connectivity index (χ2n) is 6.73. The molecule has 4 heteroatoms. The molecule has 1 aromatic heterocycles. The number of benzene rings is 1. The summed E-state index contributed by atoms with van der Waals surface area (Å²) in [4.78, 5) is 12.6. The number of ketones is 1. The fraction of sp³-hybridized carbons (Fsp3) is 0.368. The van der Waals surface area contributed by atoms with E-state index in [1.54, 1.807) is 0 Å². The molecule has 1 aromatic carbocycles. The Morgan fingerprint density at radius 1 is 1.35 bits per heavy atom. The van der Waals surface area contributed by atoms with Crippen molar-refractivity contribution in [2.24, 2.45) is 11.8 Å². The van der Waals surface area contributed by atoms with Gasteiger partial charge in [-0.15, -0.1) is 0 Å². The van der Waals surface area contributed by atoms with Crippen LogP contribution >= 0.6 is 0 Å². The lowest BCUT2D eigenvalue weighted by atomic mass is 9.52. The number of aryl methyl sites for hydroxylation is 1. The molecule has 0 bridgehead atoms. The predicted molar refractivity (Wildman–Crippen MR) is 87.1 cm³/mol. The van der Waals surface area contributed by atoms with Crippen LogP contribution in [0, 0.1) is 11.8 Å². The van der Waals surface area contributed by atoms with Crippen LogP contribution in [0.15, 0.2) is 48.4 Å². The lowest BCUT2D eigenvalue weighted by Crippen LogP contribution is -2.50. The van der Waals surface area contributed by atoms with E-state index in [2.05, 4.69) is 22.3 Å². The molecule has 1 heterocycles. The summed E-state index contributed by atoms with van der Waals surface area (Å²) in [6, 6.07) is 10.3. The number of allylic oxidation sites excluding steroid dienone is 1. The molecular weight excluding hydrogens is 288 g/mol. The summed E-state index contributed by atoms with van der Waals surface area (Å²) in [7, 11) is 0. The molecule has 2 N–H and O–H groups in total. The topological polar surface area (TPSA) is 66.0 Å². The van der Waals surface area contributed by atoms with E-state index in [-0.39, 0.29) is 23.0 Å². The average molecular weight is 308 g/mol. The number of nitrogens with zero attached hydrogens (tertiary/aromatic N) is 1. The van der Waals surface area contributed by atoms with Crippen LogP contribution in [0.4, 0.5) is 0 Å². The number of carbonyl (C=O) groups excluding carboxylic acids is 1. The second-order valence-corrected chi connectivity index (χ2v) is 6.73. The smallest absolute Gasteiger partial charge is 0.165 e. The minimum absolute atomic E-state index is 0.0723. The third-order valence-electron chi connectivity index (χ3n) is 5.75. The molecule has 3 atom stereocenters. The number of aliphatic hydroxyl groups excluding tert-OH is 1. The average Bonchev–Trinajstić information content (AvgIpc) is 3.08. The Kier molecular flexibility index (Phi) is 3.15. The van der Waals surface area contributed by atoms with Gasteiger partial charge in [-0.1, -0.05) is 37.3 Å². The first kappa shape index (κ1) is 14.2. The molecule has 23 heavy (non-hydrogen) atoms. The lowest BCUT2D eigenvalue weighted by molar-refractivity contribution is -0.123. The maximum atomic E-state index is 12.6. The summed E-state index contributed by atoms with van der Waals surface area (Å²) in [5.74, 6) is 0.159. The summed E-state index contributed by atoms with van der Waals surface area (Å²) < 4.78 is 0. The van der Waals surface area contributed by atoms with Crippen LogP contribution in [-0.2, 0) is 16.6 Å². The minimum atomic E-state index is -0.337. The Morgan fingerprint density at radius 3 is 2.87 bits per heavy atom. The zero-order chi connectivity index (χ0) is 16.0. The monoisotopic (exact) mass is 308 g/mol. The van der Waals surface area contributed by atoms with Crippen molar-refractivity contribution in [3.8, 4) is 0 Å². The summed E-state index contributed by atoms with van der Waals surface area (Å²) in [5, 5.41) is 17.2. The molecule has 4 nitrogen and oxygen atoms in total. The summed E-state index contributed by atoms with van der Waals surface area (Å²) in [6.45, 7) is 1.99. The molecular formula is C19H20N2O2. The molecule has 1 saturated carbocycles. The van der Waals surface area contributed by atoms with Crippen LogP contribution in [-0.4, -0.2) is 21.1 Å². The van der Waals surface area contributed by atoms with Gasteiger partial charge in [0.1, 0.15) is 0 Å². The van der Waals surface area contributed by atoms with E-state index in [0.717, 1.165) is 24.8 Å². The van der Waals surface area contributed by atoms with Crippen LogP contribution < -0.4 is 0 Å². The summed E-state index contributed by atoms with van der Waals surface area (Å²) in [6.07, 6.45) is 5.40. The fourth-order valence-corrected chi connectivity index (χ4v) is 4.68. The third-order valence-corrected chi connectivity index (χ3v) is 5.75. The number of aliphatic hydroxyl groups is 1. The van der Waals surface area contributed by atoms with Gasteiger partial charge in [-0.2, -0.15) is 5.10 Å². The molecule has 0 radical (unpaired) electrons. The maximum absolute atomic E-state index is 12.6. The van der Waals surface area contributed by atoms with Gasteiger partial charge < -0.3 is 5.11 Å². The zero-order valence-corrected chi connectivity index (χ0v) is 13.1. The van der Waals surface area contributed by atoms with Crippen molar-refractivity contribution in [2.75, 3.05) is 0 Å². The Labute approximate surface area is 135 Å². The molecule has 1 fully saturated rings. The highest BCUT2D eigenvalue weighted by Gasteiger charge is 2.54. The van der Waals surface area contributed by atoms with E-state index in [4.69, 9.17) is 0 Å². The first-order valence-corrected chi connectivity index (χ1v) is 8.14. The Bertz CT molecular complexity index is 778. The van der Waals surface area contributed by atoms with Gasteiger partial charge in [0.15, 0.2) is 5.78 Å². The van der Waals surface area contributed by atoms with E-state index in [0.29, 0.717) is 12.0 Å². The summed E-state index contributed by atoms with van der Waals surface area (Å²) >= 11 is 0. The molecule has 118 valence electrons. The van der Waals surface area contributed by atoms with Gasteiger partial charge in [-0.05, 0) is 36.3 Å². The Hall–Kier alpha value is -2.36. The predicted octanol–water partition coefficient (Wildman–Crippen LogP) is 3.31. The quantitative estimate of drug-likeness (QED) is 0.627. The molecule has 4 rings (SSSR count). The van der Waals surface area contributed by atoms with Crippen molar-refractivity contribution >= 4 is 5.78 Å². The SMILES string of the molecule is C[C@@H]1C(=O)C(=CO)C[C@]2(c3ccccc3)c3n[nH]cc3CC[C@@H]12. The molecule has 0 amide bonds. The van der Waals surface area contributed by atoms with Gasteiger partial charge in [-0.25, -0.2) is 0 Å². The van der Waals surface area contributed by atoms with Crippen LogP contribution in [0.25, 0.3) is 0 Å². The van der Waals surface area contributed by atoms with Gasteiger partial charge in [-0.3, -0.25) is 9.89 Å². The van der Waals surface area contributed by atoms with Crippen molar-refractivity contribution in [1.29, 1.82) is 0 Å². The van der Waals surface area contributed by atoms with Crippen LogP contribution in [0.2, 0.25) is 0 Å². The highest BCUT2D eigenvalue weighted by molar-refractivity contribution is 5.98. The first-order valence-electron chi connectivity index (χ1n) is 8.14. The number of Topliss-reactive ketones (excluding diaryl/α,β-unsaturated/α-hetero) is 1. The minimum Gasteiger partial charge on any atom is -0.515 e. The summed E-state index contributed by atoms with van der Waals surface area (Å²) in [5.41, 5.74) is 3.62. The zero-order valence-electron chi connectivity index (χ0n) is 13.1. The number of rotatable bonds is 1. The maximum Gasteiger partial charge on any atom is 0.165 e. The fourth-order valence-electron chi connectivity index (χ4n) is 4.68. The van der Waals surface area contributed by atoms with Crippen molar-refractivity contribution in [3.05, 3.63) is 65.2 Å². The third kappa shape index (κ3) is 1.84. The molecule has 2 aromatic rings. The first-order chi connectivity index (χ1) is 11.2. The molecule has 0 aliphatic heterocycles.